The van der Waals surface area contributed by atoms with Gasteiger partial charge in [0.05, 0.1) is 19.8 Å². The van der Waals surface area contributed by atoms with Crippen molar-refractivity contribution >= 4 is 5.90 Å². The summed E-state index contributed by atoms with van der Waals surface area (Å²) >= 11 is 0. The lowest BCUT2D eigenvalue weighted by Crippen LogP contribution is -2.16. The van der Waals surface area contributed by atoms with Gasteiger partial charge in [0, 0.05) is 31.1 Å². The van der Waals surface area contributed by atoms with Gasteiger partial charge in [0.15, 0.2) is 0 Å². The summed E-state index contributed by atoms with van der Waals surface area (Å²) in [6.45, 7) is 0. The summed E-state index contributed by atoms with van der Waals surface area (Å²) in [6, 6.07) is 9.35. The van der Waals surface area contributed by atoms with Gasteiger partial charge >= 0.3 is 0 Å². The van der Waals surface area contributed by atoms with Crippen molar-refractivity contribution in [3.8, 4) is 11.5 Å². The second-order valence-corrected chi connectivity index (χ2v) is 4.79. The van der Waals surface area contributed by atoms with Crippen molar-refractivity contribution < 1.29 is 14.2 Å². The Hall–Kier alpha value is -2.76. The number of hydrazone groups is 1. The number of rotatable bonds is 4. The van der Waals surface area contributed by atoms with E-state index < -0.39 is 0 Å². The molecular formula is C16H17N3O3. The molecule has 6 nitrogen and oxygen atoms in total. The molecule has 0 amide bonds. The minimum atomic E-state index is -0.343. The predicted octanol–water partition coefficient (Wildman–Crippen LogP) is 2.42. The van der Waals surface area contributed by atoms with Gasteiger partial charge in [-0.3, -0.25) is 9.99 Å². The molecule has 0 aliphatic carbocycles. The summed E-state index contributed by atoms with van der Waals surface area (Å²) in [5.41, 5.74) is 1.77. The predicted molar refractivity (Wildman–Crippen MR) is 81.9 cm³/mol. The van der Waals surface area contributed by atoms with E-state index in [1.165, 1.54) is 0 Å². The van der Waals surface area contributed by atoms with E-state index in [0.29, 0.717) is 11.6 Å². The number of benzene rings is 1. The molecule has 22 heavy (non-hydrogen) atoms. The number of ether oxygens (including phenoxy) is 3. The molecule has 0 spiro atoms. The minimum absolute atomic E-state index is 0.343. The van der Waals surface area contributed by atoms with Crippen LogP contribution >= 0.6 is 0 Å². The van der Waals surface area contributed by atoms with Crippen molar-refractivity contribution in [2.45, 2.75) is 6.23 Å². The van der Waals surface area contributed by atoms with Crippen LogP contribution in [0.5, 0.6) is 11.5 Å². The Morgan fingerprint density at radius 2 is 1.86 bits per heavy atom. The van der Waals surface area contributed by atoms with Gasteiger partial charge in [-0.15, -0.1) is 5.10 Å². The summed E-state index contributed by atoms with van der Waals surface area (Å²) < 4.78 is 16.7. The van der Waals surface area contributed by atoms with Crippen LogP contribution in [0.15, 0.2) is 47.8 Å². The van der Waals surface area contributed by atoms with Crippen molar-refractivity contribution in [2.75, 3.05) is 21.3 Å². The smallest absolute Gasteiger partial charge is 0.240 e. The normalized spacial score (nSPS) is 17.0. The largest absolute Gasteiger partial charge is 0.497 e. The number of methoxy groups -OCH3 is 2. The molecule has 114 valence electrons. The second-order valence-electron chi connectivity index (χ2n) is 4.79. The number of hydrogen-bond acceptors (Lipinski definition) is 6. The molecule has 0 saturated heterocycles. The Morgan fingerprint density at radius 3 is 2.55 bits per heavy atom. The van der Waals surface area contributed by atoms with Crippen LogP contribution in [0.2, 0.25) is 0 Å². The first kappa shape index (κ1) is 14.2. The number of nitrogens with zero attached hydrogens (tertiary/aromatic N) is 3. The quantitative estimate of drug-likeness (QED) is 0.868. The molecule has 0 fully saturated rings. The minimum Gasteiger partial charge on any atom is -0.497 e. The summed E-state index contributed by atoms with van der Waals surface area (Å²) in [6.07, 6.45) is 3.08. The standard InChI is InChI=1S/C16H17N3O3/c1-19-16(13-5-4-12(20-2)10-14(13)21-3)22-15(18-19)11-6-8-17-9-7-11/h4-10,16H,1-3H3. The van der Waals surface area contributed by atoms with Crippen LogP contribution in [0.3, 0.4) is 0 Å². The van der Waals surface area contributed by atoms with Gasteiger partial charge in [-0.05, 0) is 24.3 Å². The van der Waals surface area contributed by atoms with Crippen LogP contribution in [0.1, 0.15) is 17.4 Å². The Balaban J connectivity index is 1.89. The highest BCUT2D eigenvalue weighted by atomic mass is 16.5. The Bertz CT molecular complexity index is 688. The molecule has 0 saturated carbocycles. The Kier molecular flexibility index (Phi) is 3.82. The molecule has 1 aliphatic heterocycles. The first-order valence-corrected chi connectivity index (χ1v) is 6.83. The SMILES string of the molecule is COc1ccc(C2OC(c3ccncc3)=NN2C)c(OC)c1. The van der Waals surface area contributed by atoms with Gasteiger partial charge in [0.25, 0.3) is 0 Å². The summed E-state index contributed by atoms with van der Waals surface area (Å²) in [7, 11) is 5.11. The molecule has 6 heteroatoms. The molecule has 0 N–H and O–H groups in total. The maximum absolute atomic E-state index is 5.99. The molecule has 2 heterocycles. The molecule has 1 unspecified atom stereocenters. The van der Waals surface area contributed by atoms with Crippen molar-refractivity contribution in [3.05, 3.63) is 53.9 Å². The highest BCUT2D eigenvalue weighted by Crippen LogP contribution is 2.36. The Morgan fingerprint density at radius 1 is 1.09 bits per heavy atom. The van der Waals surface area contributed by atoms with Crippen LogP contribution in [0.4, 0.5) is 0 Å². The first-order chi connectivity index (χ1) is 10.7. The van der Waals surface area contributed by atoms with Crippen LogP contribution in [0, 0.1) is 0 Å². The van der Waals surface area contributed by atoms with E-state index in [2.05, 4.69) is 10.1 Å². The fourth-order valence-corrected chi connectivity index (χ4v) is 2.31. The second kappa shape index (κ2) is 5.93. The summed E-state index contributed by atoms with van der Waals surface area (Å²) in [5, 5.41) is 6.21. The lowest BCUT2D eigenvalue weighted by Gasteiger charge is -2.20. The highest BCUT2D eigenvalue weighted by molar-refractivity contribution is 5.94. The summed E-state index contributed by atoms with van der Waals surface area (Å²) in [4.78, 5) is 4.00. The maximum atomic E-state index is 5.99. The fourth-order valence-electron chi connectivity index (χ4n) is 2.31. The maximum Gasteiger partial charge on any atom is 0.240 e. The number of aromatic nitrogens is 1. The molecule has 0 radical (unpaired) electrons. The van der Waals surface area contributed by atoms with E-state index in [1.807, 2.05) is 37.4 Å². The lowest BCUT2D eigenvalue weighted by molar-refractivity contribution is 0.0753. The van der Waals surface area contributed by atoms with E-state index in [4.69, 9.17) is 14.2 Å². The monoisotopic (exact) mass is 299 g/mol. The fraction of sp³-hybridized carbons (Fsp3) is 0.250. The number of pyridine rings is 1. The first-order valence-electron chi connectivity index (χ1n) is 6.83. The van der Waals surface area contributed by atoms with Crippen molar-refractivity contribution in [3.63, 3.8) is 0 Å². The van der Waals surface area contributed by atoms with Gasteiger partial charge in [-0.1, -0.05) is 0 Å². The molecule has 1 aromatic heterocycles. The van der Waals surface area contributed by atoms with Gasteiger partial charge in [-0.2, -0.15) is 0 Å². The third-order valence-electron chi connectivity index (χ3n) is 3.45. The number of hydrogen-bond donors (Lipinski definition) is 0. The molecule has 1 atom stereocenters. The molecule has 3 rings (SSSR count). The average molecular weight is 299 g/mol. The highest BCUT2D eigenvalue weighted by Gasteiger charge is 2.30. The molecular weight excluding hydrogens is 282 g/mol. The Labute approximate surface area is 128 Å². The van der Waals surface area contributed by atoms with E-state index >= 15 is 0 Å². The summed E-state index contributed by atoms with van der Waals surface area (Å²) in [5.74, 6) is 1.99. The van der Waals surface area contributed by atoms with Crippen LogP contribution in [-0.4, -0.2) is 37.2 Å². The van der Waals surface area contributed by atoms with E-state index in [9.17, 15) is 0 Å². The van der Waals surface area contributed by atoms with E-state index in [0.717, 1.165) is 16.9 Å². The van der Waals surface area contributed by atoms with Crippen LogP contribution in [0.25, 0.3) is 0 Å². The zero-order valence-corrected chi connectivity index (χ0v) is 12.7. The van der Waals surface area contributed by atoms with Crippen LogP contribution < -0.4 is 9.47 Å². The lowest BCUT2D eigenvalue weighted by atomic mass is 10.1. The van der Waals surface area contributed by atoms with Crippen LogP contribution in [-0.2, 0) is 4.74 Å². The van der Waals surface area contributed by atoms with Crippen molar-refractivity contribution in [1.29, 1.82) is 0 Å². The van der Waals surface area contributed by atoms with E-state index in [1.54, 1.807) is 31.6 Å². The van der Waals surface area contributed by atoms with E-state index in [-0.39, 0.29) is 6.23 Å². The molecule has 1 aromatic carbocycles. The zero-order valence-electron chi connectivity index (χ0n) is 12.7. The van der Waals surface area contributed by atoms with Gasteiger partial charge in [0.1, 0.15) is 11.5 Å². The molecule has 2 aromatic rings. The van der Waals surface area contributed by atoms with Gasteiger partial charge in [0.2, 0.25) is 12.1 Å². The average Bonchev–Trinajstić information content (AvgIpc) is 2.96. The zero-order chi connectivity index (χ0) is 15.5. The van der Waals surface area contributed by atoms with Crippen molar-refractivity contribution in [1.82, 2.24) is 9.99 Å². The van der Waals surface area contributed by atoms with Crippen molar-refractivity contribution in [2.24, 2.45) is 5.10 Å². The molecule has 0 bridgehead atoms. The third kappa shape index (κ3) is 2.55. The van der Waals surface area contributed by atoms with Gasteiger partial charge in [-0.25, -0.2) is 0 Å². The van der Waals surface area contributed by atoms with Gasteiger partial charge < -0.3 is 14.2 Å². The molecule has 1 aliphatic rings. The third-order valence-corrected chi connectivity index (χ3v) is 3.45. The topological polar surface area (TPSA) is 56.2 Å².